The summed E-state index contributed by atoms with van der Waals surface area (Å²) in [5.41, 5.74) is 2.51. The van der Waals surface area contributed by atoms with Crippen LogP contribution in [0.25, 0.3) is 12.3 Å². The van der Waals surface area contributed by atoms with Gasteiger partial charge in [-0.3, -0.25) is 0 Å². The molecule has 3 rings (SSSR count). The van der Waals surface area contributed by atoms with Crippen LogP contribution in [-0.2, 0) is 6.42 Å². The Morgan fingerprint density at radius 2 is 2.31 bits per heavy atom. The molecule has 1 aliphatic heterocycles. The van der Waals surface area contributed by atoms with Crippen molar-refractivity contribution >= 4 is 24.3 Å². The van der Waals surface area contributed by atoms with Crippen molar-refractivity contribution in [1.82, 2.24) is 4.98 Å². The van der Waals surface area contributed by atoms with Crippen molar-refractivity contribution < 1.29 is 0 Å². The van der Waals surface area contributed by atoms with E-state index in [9.17, 15) is 0 Å². The molecule has 0 spiro atoms. The van der Waals surface area contributed by atoms with Crippen molar-refractivity contribution in [3.8, 4) is 0 Å². The molecule has 0 bridgehead atoms. The Kier molecular flexibility index (Phi) is 1.22. The molecular weight excluding hydrogens is 162 g/mol. The van der Waals surface area contributed by atoms with Crippen LogP contribution in [0.3, 0.4) is 0 Å². The quantitative estimate of drug-likeness (QED) is 0.571. The maximum Gasteiger partial charge on any atom is 0.0924 e. The van der Waals surface area contributed by atoms with Gasteiger partial charge in [0.2, 0.25) is 0 Å². The van der Waals surface area contributed by atoms with Crippen molar-refractivity contribution in [3.63, 3.8) is 0 Å². The second-order valence-electron chi connectivity index (χ2n) is 3.16. The Hall–Kier alpha value is -1.77. The molecule has 3 nitrogen and oxygen atoms in total. The second kappa shape index (κ2) is 2.36. The normalized spacial score (nSPS) is 16.6. The number of H-pyrrole nitrogens is 1. The number of nitrogens with zero attached hydrogens (tertiary/aromatic N) is 1. The molecule has 0 fully saturated rings. The Labute approximate surface area is 75.2 Å². The Bertz CT molecular complexity index is 471. The number of aliphatic imine (C=N–C) groups is 1. The van der Waals surface area contributed by atoms with E-state index in [4.69, 9.17) is 0 Å². The van der Waals surface area contributed by atoms with Gasteiger partial charge in [0.05, 0.1) is 23.6 Å². The predicted molar refractivity (Wildman–Crippen MR) is 53.9 cm³/mol. The van der Waals surface area contributed by atoms with Crippen LogP contribution in [0.5, 0.6) is 0 Å². The first-order chi connectivity index (χ1) is 6.45. The summed E-state index contributed by atoms with van der Waals surface area (Å²) in [5.74, 6) is 0. The smallest absolute Gasteiger partial charge is 0.0924 e. The lowest BCUT2D eigenvalue weighted by Gasteiger charge is -2.04. The number of hydrogen-bond acceptors (Lipinski definition) is 2. The monoisotopic (exact) mass is 171 g/mol. The summed E-state index contributed by atoms with van der Waals surface area (Å²) < 4.78 is 0. The number of hydrogen-bond donors (Lipinski definition) is 2. The molecule has 13 heavy (non-hydrogen) atoms. The van der Waals surface area contributed by atoms with Gasteiger partial charge in [0.1, 0.15) is 0 Å². The summed E-state index contributed by atoms with van der Waals surface area (Å²) in [4.78, 5) is 7.35. The third-order valence-electron chi connectivity index (χ3n) is 2.37. The predicted octanol–water partition coefficient (Wildman–Crippen LogP) is 0.0993. The molecule has 64 valence electrons. The van der Waals surface area contributed by atoms with E-state index in [1.165, 1.54) is 16.6 Å². The average Bonchev–Trinajstić information content (AvgIpc) is 2.56. The van der Waals surface area contributed by atoms with E-state index in [2.05, 4.69) is 33.5 Å². The van der Waals surface area contributed by atoms with Crippen LogP contribution in [0.1, 0.15) is 5.56 Å². The number of allylic oxidation sites excluding steroid dienone is 2. The minimum Gasteiger partial charge on any atom is -0.352 e. The Morgan fingerprint density at radius 3 is 3.31 bits per heavy atom. The molecule has 0 unspecified atom stereocenters. The molecule has 2 heterocycles. The molecule has 0 saturated carbocycles. The fraction of sp³-hybridized carbons (Fsp3) is 0.100. The van der Waals surface area contributed by atoms with Gasteiger partial charge in [-0.2, -0.15) is 0 Å². The third-order valence-corrected chi connectivity index (χ3v) is 2.37. The lowest BCUT2D eigenvalue weighted by atomic mass is 10.1. The summed E-state index contributed by atoms with van der Waals surface area (Å²) in [7, 11) is 0. The van der Waals surface area contributed by atoms with Crippen molar-refractivity contribution in [2.75, 3.05) is 5.32 Å². The van der Waals surface area contributed by atoms with Gasteiger partial charge >= 0.3 is 0 Å². The van der Waals surface area contributed by atoms with Crippen LogP contribution < -0.4 is 16.0 Å². The van der Waals surface area contributed by atoms with Crippen LogP contribution in [0.15, 0.2) is 17.1 Å². The van der Waals surface area contributed by atoms with Gasteiger partial charge in [-0.25, -0.2) is 4.99 Å². The van der Waals surface area contributed by atoms with Crippen LogP contribution in [0.2, 0.25) is 0 Å². The zero-order valence-electron chi connectivity index (χ0n) is 7.04. The zero-order valence-corrected chi connectivity index (χ0v) is 7.04. The molecule has 2 N–H and O–H groups in total. The molecule has 2 aliphatic rings. The van der Waals surface area contributed by atoms with Gasteiger partial charge in [0, 0.05) is 10.9 Å². The first kappa shape index (κ1) is 6.71. The average molecular weight is 171 g/mol. The summed E-state index contributed by atoms with van der Waals surface area (Å²) in [5, 5.41) is 5.44. The molecule has 0 radical (unpaired) electrons. The maximum absolute atomic E-state index is 4.04. The first-order valence-electron chi connectivity index (χ1n) is 4.31. The van der Waals surface area contributed by atoms with E-state index >= 15 is 0 Å². The number of fused-ring (bicyclic) bond motifs is 3. The van der Waals surface area contributed by atoms with Gasteiger partial charge in [0.15, 0.2) is 0 Å². The molecule has 1 aliphatic carbocycles. The highest BCUT2D eigenvalue weighted by Gasteiger charge is 2.09. The molecule has 0 amide bonds. The molecule has 3 heteroatoms. The van der Waals surface area contributed by atoms with E-state index in [0.717, 1.165) is 11.8 Å². The highest BCUT2D eigenvalue weighted by Crippen LogP contribution is 2.10. The van der Waals surface area contributed by atoms with E-state index in [-0.39, 0.29) is 0 Å². The SMILES string of the molecule is C1=CCc2c3c([nH]c2=C1)=CN=CN3. The standard InChI is InChI=1S/C10H9N3/c1-2-4-8-7(3-1)10-9(13-8)5-11-6-12-10/h1-2,4-6,13H,3H2,(H,11,12). The van der Waals surface area contributed by atoms with Gasteiger partial charge in [0.25, 0.3) is 0 Å². The van der Waals surface area contributed by atoms with E-state index < -0.39 is 0 Å². The first-order valence-corrected chi connectivity index (χ1v) is 4.31. The van der Waals surface area contributed by atoms with Crippen molar-refractivity contribution in [1.29, 1.82) is 0 Å². The number of nitrogens with one attached hydrogen (secondary N) is 2. The van der Waals surface area contributed by atoms with Gasteiger partial charge in [-0.05, 0) is 12.5 Å². The molecule has 0 saturated heterocycles. The van der Waals surface area contributed by atoms with E-state index in [0.29, 0.717) is 0 Å². The third kappa shape index (κ3) is 0.869. The molecule has 1 aromatic rings. The van der Waals surface area contributed by atoms with Crippen LogP contribution in [0, 0.1) is 0 Å². The summed E-state index contributed by atoms with van der Waals surface area (Å²) >= 11 is 0. The van der Waals surface area contributed by atoms with E-state index in [1.54, 1.807) is 6.34 Å². The van der Waals surface area contributed by atoms with Crippen molar-refractivity contribution in [3.05, 3.63) is 28.4 Å². The van der Waals surface area contributed by atoms with Gasteiger partial charge < -0.3 is 10.3 Å². The Morgan fingerprint density at radius 1 is 1.31 bits per heavy atom. The van der Waals surface area contributed by atoms with Gasteiger partial charge in [-0.1, -0.05) is 12.2 Å². The largest absolute Gasteiger partial charge is 0.352 e. The second-order valence-corrected chi connectivity index (χ2v) is 3.16. The molecule has 0 aromatic carbocycles. The topological polar surface area (TPSA) is 40.2 Å². The van der Waals surface area contributed by atoms with Crippen LogP contribution >= 0.6 is 0 Å². The van der Waals surface area contributed by atoms with Crippen LogP contribution in [0.4, 0.5) is 5.69 Å². The minimum atomic E-state index is 0.992. The summed E-state index contributed by atoms with van der Waals surface area (Å²) in [6.07, 6.45) is 10.9. The summed E-state index contributed by atoms with van der Waals surface area (Å²) in [6, 6.07) is 0. The fourth-order valence-corrected chi connectivity index (χ4v) is 1.76. The van der Waals surface area contributed by atoms with Crippen LogP contribution in [-0.4, -0.2) is 11.3 Å². The maximum atomic E-state index is 4.04. The van der Waals surface area contributed by atoms with Gasteiger partial charge in [-0.15, -0.1) is 0 Å². The highest BCUT2D eigenvalue weighted by atomic mass is 15.0. The Balaban J connectivity index is 2.39. The zero-order chi connectivity index (χ0) is 8.67. The number of rotatable bonds is 0. The number of aromatic amines is 1. The molecular formula is C10H9N3. The van der Waals surface area contributed by atoms with Crippen molar-refractivity contribution in [2.24, 2.45) is 4.99 Å². The lowest BCUT2D eigenvalue weighted by molar-refractivity contribution is 1.19. The van der Waals surface area contributed by atoms with E-state index in [1.807, 2.05) is 6.20 Å². The minimum absolute atomic E-state index is 0.992. The molecule has 1 aromatic heterocycles. The fourth-order valence-electron chi connectivity index (χ4n) is 1.76. The number of aromatic nitrogens is 1. The number of anilines is 1. The molecule has 0 atom stereocenters. The highest BCUT2D eigenvalue weighted by molar-refractivity contribution is 5.82. The summed E-state index contributed by atoms with van der Waals surface area (Å²) in [6.45, 7) is 0. The van der Waals surface area contributed by atoms with Crippen molar-refractivity contribution in [2.45, 2.75) is 6.42 Å². The lowest BCUT2D eigenvalue weighted by Crippen LogP contribution is -2.14.